The van der Waals surface area contributed by atoms with Crippen molar-refractivity contribution >= 4 is 30.0 Å². The van der Waals surface area contributed by atoms with Crippen molar-refractivity contribution in [3.8, 4) is 0 Å². The van der Waals surface area contributed by atoms with Crippen molar-refractivity contribution in [1.82, 2.24) is 0 Å². The largest absolute Gasteiger partial charge is 0.480 e. The van der Waals surface area contributed by atoms with Crippen LogP contribution < -0.4 is 5.73 Å². The standard InChI is InChI=1S/C7H11NO5S/c8-4(6(10)11)3-14-5(1-2-9)7(12)13/h2,4-5H,1,3,8H2,(H,10,11)(H,12,13)/t4-,5?/m0/s1. The van der Waals surface area contributed by atoms with Gasteiger partial charge < -0.3 is 20.7 Å². The van der Waals surface area contributed by atoms with Gasteiger partial charge in [-0.15, -0.1) is 11.8 Å². The molecule has 1 unspecified atom stereocenters. The molecule has 0 bridgehead atoms. The van der Waals surface area contributed by atoms with E-state index in [4.69, 9.17) is 15.9 Å². The second-order valence-electron chi connectivity index (χ2n) is 2.51. The van der Waals surface area contributed by atoms with Gasteiger partial charge in [-0.05, 0) is 0 Å². The zero-order valence-corrected chi connectivity index (χ0v) is 8.07. The minimum absolute atomic E-state index is 0.0276. The fourth-order valence-corrected chi connectivity index (χ4v) is 1.56. The fourth-order valence-electron chi connectivity index (χ4n) is 0.619. The Morgan fingerprint density at radius 1 is 1.36 bits per heavy atom. The molecule has 0 aliphatic rings. The zero-order chi connectivity index (χ0) is 11.1. The van der Waals surface area contributed by atoms with Crippen molar-refractivity contribution in [3.05, 3.63) is 0 Å². The van der Waals surface area contributed by atoms with E-state index in [2.05, 4.69) is 0 Å². The summed E-state index contributed by atoms with van der Waals surface area (Å²) in [6.07, 6.45) is 0.338. The summed E-state index contributed by atoms with van der Waals surface area (Å²) in [7, 11) is 0. The topological polar surface area (TPSA) is 118 Å². The van der Waals surface area contributed by atoms with Crippen LogP contribution in [0.5, 0.6) is 0 Å². The lowest BCUT2D eigenvalue weighted by atomic mass is 10.3. The molecule has 6 nitrogen and oxygen atoms in total. The second-order valence-corrected chi connectivity index (χ2v) is 3.74. The van der Waals surface area contributed by atoms with E-state index in [1.165, 1.54) is 0 Å². The van der Waals surface area contributed by atoms with Crippen LogP contribution in [0.25, 0.3) is 0 Å². The smallest absolute Gasteiger partial charge is 0.321 e. The SMILES string of the molecule is N[C@@H](CSC(CC=O)C(=O)O)C(=O)O. The van der Waals surface area contributed by atoms with Gasteiger partial charge in [-0.3, -0.25) is 9.59 Å². The van der Waals surface area contributed by atoms with Crippen LogP contribution in [0.4, 0.5) is 0 Å². The molecule has 0 saturated carbocycles. The van der Waals surface area contributed by atoms with Gasteiger partial charge in [-0.25, -0.2) is 0 Å². The number of carboxylic acid groups (broad SMARTS) is 2. The minimum Gasteiger partial charge on any atom is -0.480 e. The summed E-state index contributed by atoms with van der Waals surface area (Å²) in [5.41, 5.74) is 5.16. The molecule has 80 valence electrons. The normalized spacial score (nSPS) is 14.4. The number of aldehydes is 1. The number of rotatable bonds is 7. The first kappa shape index (κ1) is 12.9. The molecule has 7 heteroatoms. The van der Waals surface area contributed by atoms with Gasteiger partial charge >= 0.3 is 11.9 Å². The van der Waals surface area contributed by atoms with Crippen LogP contribution in [0.2, 0.25) is 0 Å². The minimum atomic E-state index is -1.19. The van der Waals surface area contributed by atoms with Crippen molar-refractivity contribution in [1.29, 1.82) is 0 Å². The van der Waals surface area contributed by atoms with Gasteiger partial charge in [0, 0.05) is 12.2 Å². The number of hydrogen-bond acceptors (Lipinski definition) is 5. The molecule has 0 fully saturated rings. The highest BCUT2D eigenvalue weighted by atomic mass is 32.2. The van der Waals surface area contributed by atoms with Gasteiger partial charge in [0.1, 0.15) is 17.6 Å². The summed E-state index contributed by atoms with van der Waals surface area (Å²) in [6.45, 7) is 0. The number of thioether (sulfide) groups is 1. The maximum absolute atomic E-state index is 10.5. The molecule has 0 spiro atoms. The van der Waals surface area contributed by atoms with E-state index in [-0.39, 0.29) is 12.2 Å². The summed E-state index contributed by atoms with van der Waals surface area (Å²) in [6, 6.07) is -1.10. The highest BCUT2D eigenvalue weighted by Gasteiger charge is 2.20. The van der Waals surface area contributed by atoms with Gasteiger partial charge in [-0.1, -0.05) is 0 Å². The highest BCUT2D eigenvalue weighted by Crippen LogP contribution is 2.14. The summed E-state index contributed by atoms with van der Waals surface area (Å²) in [5.74, 6) is -2.35. The van der Waals surface area contributed by atoms with Crippen LogP contribution in [0.15, 0.2) is 0 Å². The zero-order valence-electron chi connectivity index (χ0n) is 7.25. The first-order valence-corrected chi connectivity index (χ1v) is 4.80. The first-order valence-electron chi connectivity index (χ1n) is 3.75. The molecule has 0 aromatic heterocycles. The van der Waals surface area contributed by atoms with E-state index in [0.717, 1.165) is 11.8 Å². The van der Waals surface area contributed by atoms with E-state index in [1.54, 1.807) is 0 Å². The van der Waals surface area contributed by atoms with E-state index >= 15 is 0 Å². The first-order chi connectivity index (χ1) is 6.49. The molecule has 0 amide bonds. The summed E-state index contributed by atoms with van der Waals surface area (Å²) < 4.78 is 0. The molecule has 14 heavy (non-hydrogen) atoms. The molecule has 0 aromatic carbocycles. The number of aliphatic carboxylic acids is 2. The van der Waals surface area contributed by atoms with Crippen molar-refractivity contribution in [2.45, 2.75) is 17.7 Å². The van der Waals surface area contributed by atoms with Crippen LogP contribution in [-0.2, 0) is 14.4 Å². The molecular weight excluding hydrogens is 210 g/mol. The van der Waals surface area contributed by atoms with Crippen molar-refractivity contribution < 1.29 is 24.6 Å². The Bertz CT molecular complexity index is 232. The number of carbonyl (C=O) groups is 3. The number of hydrogen-bond donors (Lipinski definition) is 3. The third-order valence-corrected chi connectivity index (χ3v) is 2.73. The maximum Gasteiger partial charge on any atom is 0.321 e. The lowest BCUT2D eigenvalue weighted by Crippen LogP contribution is -2.34. The van der Waals surface area contributed by atoms with Crippen molar-refractivity contribution in [3.63, 3.8) is 0 Å². The number of carboxylic acids is 2. The number of carbonyl (C=O) groups excluding carboxylic acids is 1. The van der Waals surface area contributed by atoms with Crippen LogP contribution in [0, 0.1) is 0 Å². The van der Waals surface area contributed by atoms with Gasteiger partial charge in [0.15, 0.2) is 0 Å². The Balaban J connectivity index is 3.99. The second kappa shape index (κ2) is 6.39. The summed E-state index contributed by atoms with van der Waals surface area (Å²) >= 11 is 0.854. The summed E-state index contributed by atoms with van der Waals surface area (Å²) in [5, 5.41) is 16.1. The van der Waals surface area contributed by atoms with Crippen molar-refractivity contribution in [2.24, 2.45) is 5.73 Å². The van der Waals surface area contributed by atoms with Crippen LogP contribution in [-0.4, -0.2) is 45.5 Å². The highest BCUT2D eigenvalue weighted by molar-refractivity contribution is 8.00. The van der Waals surface area contributed by atoms with Gasteiger partial charge in [0.2, 0.25) is 0 Å². The third kappa shape index (κ3) is 4.83. The van der Waals surface area contributed by atoms with Gasteiger partial charge in [0.05, 0.1) is 0 Å². The predicted octanol–water partition coefficient (Wildman–Crippen LogP) is -0.826. The summed E-state index contributed by atoms with van der Waals surface area (Å²) in [4.78, 5) is 30.9. The van der Waals surface area contributed by atoms with E-state index < -0.39 is 23.2 Å². The molecule has 0 rings (SSSR count). The Labute approximate surface area is 84.5 Å². The van der Waals surface area contributed by atoms with E-state index in [1.807, 2.05) is 0 Å². The predicted molar refractivity (Wildman–Crippen MR) is 50.2 cm³/mol. The Kier molecular flexibility index (Phi) is 5.89. The molecular formula is C7H11NO5S. The molecule has 0 heterocycles. The lowest BCUT2D eigenvalue weighted by Gasteiger charge is -2.10. The maximum atomic E-state index is 10.5. The van der Waals surface area contributed by atoms with Gasteiger partial charge in [0.25, 0.3) is 0 Å². The van der Waals surface area contributed by atoms with Gasteiger partial charge in [-0.2, -0.15) is 0 Å². The van der Waals surface area contributed by atoms with Crippen LogP contribution in [0.3, 0.4) is 0 Å². The Morgan fingerprint density at radius 3 is 2.29 bits per heavy atom. The Hall–Kier alpha value is -1.08. The lowest BCUT2D eigenvalue weighted by molar-refractivity contribution is -0.138. The molecule has 0 aliphatic heterocycles. The number of nitrogens with two attached hydrogens (primary N) is 1. The van der Waals surface area contributed by atoms with E-state index in [9.17, 15) is 14.4 Å². The molecule has 2 atom stereocenters. The molecule has 0 aliphatic carbocycles. The monoisotopic (exact) mass is 221 g/mol. The fraction of sp³-hybridized carbons (Fsp3) is 0.571. The molecule has 0 aromatic rings. The van der Waals surface area contributed by atoms with Crippen molar-refractivity contribution in [2.75, 3.05) is 5.75 Å². The van der Waals surface area contributed by atoms with Crippen LogP contribution in [0.1, 0.15) is 6.42 Å². The third-order valence-electron chi connectivity index (χ3n) is 1.38. The molecule has 4 N–H and O–H groups in total. The Morgan fingerprint density at radius 2 is 1.93 bits per heavy atom. The molecule has 0 saturated heterocycles. The molecule has 0 radical (unpaired) electrons. The average molecular weight is 221 g/mol. The van der Waals surface area contributed by atoms with E-state index in [0.29, 0.717) is 6.29 Å². The van der Waals surface area contributed by atoms with Crippen LogP contribution >= 0.6 is 11.8 Å². The quantitative estimate of drug-likeness (QED) is 0.480. The average Bonchev–Trinajstić information content (AvgIpc) is 2.10.